The lowest BCUT2D eigenvalue weighted by molar-refractivity contribution is 0.0593. The molecule has 0 bridgehead atoms. The van der Waals surface area contributed by atoms with E-state index >= 15 is 0 Å². The molecule has 1 aromatic carbocycles. The van der Waals surface area contributed by atoms with E-state index < -0.39 is 0 Å². The van der Waals surface area contributed by atoms with Gasteiger partial charge >= 0.3 is 0 Å². The Kier molecular flexibility index (Phi) is 5.69. The lowest BCUT2D eigenvalue weighted by Crippen LogP contribution is -2.57. The highest BCUT2D eigenvalue weighted by Crippen LogP contribution is 2.23. The van der Waals surface area contributed by atoms with Gasteiger partial charge < -0.3 is 15.3 Å². The van der Waals surface area contributed by atoms with Crippen molar-refractivity contribution in [1.82, 2.24) is 20.0 Å². The van der Waals surface area contributed by atoms with E-state index in [1.807, 2.05) is 13.8 Å². The van der Waals surface area contributed by atoms with Gasteiger partial charge in [-0.05, 0) is 44.5 Å². The molecule has 1 aromatic heterocycles. The zero-order valence-electron chi connectivity index (χ0n) is 14.4. The molecule has 2 unspecified atom stereocenters. The Morgan fingerprint density at radius 2 is 2.12 bits per heavy atom. The summed E-state index contributed by atoms with van der Waals surface area (Å²) in [6.45, 7) is 7.00. The molecule has 1 aliphatic heterocycles. The van der Waals surface area contributed by atoms with Gasteiger partial charge in [0.2, 0.25) is 0 Å². The third-order valence-corrected chi connectivity index (χ3v) is 4.60. The number of carbonyl (C=O) groups is 1. The Bertz CT molecular complexity index is 780. The van der Waals surface area contributed by atoms with Crippen molar-refractivity contribution in [2.24, 2.45) is 0 Å². The number of nitrogens with zero attached hydrogens (tertiary/aromatic N) is 3. The first-order valence-electron chi connectivity index (χ1n) is 7.98. The lowest BCUT2D eigenvalue weighted by atomic mass is 10.1. The highest BCUT2D eigenvalue weighted by atomic mass is 35.5. The number of hydrogen-bond donors (Lipinski definition) is 2. The number of halogens is 2. The lowest BCUT2D eigenvalue weighted by Gasteiger charge is -2.38. The topological polar surface area (TPSA) is 70.4 Å². The van der Waals surface area contributed by atoms with Crippen LogP contribution >= 0.6 is 12.4 Å². The van der Waals surface area contributed by atoms with Gasteiger partial charge in [0.1, 0.15) is 5.82 Å². The van der Waals surface area contributed by atoms with Crippen LogP contribution in [0.2, 0.25) is 0 Å². The van der Waals surface area contributed by atoms with Gasteiger partial charge in [0, 0.05) is 25.2 Å². The van der Waals surface area contributed by atoms with Crippen LogP contribution in [0.15, 0.2) is 24.4 Å². The third kappa shape index (κ3) is 3.62. The van der Waals surface area contributed by atoms with E-state index in [0.29, 0.717) is 24.3 Å². The van der Waals surface area contributed by atoms with Gasteiger partial charge in [-0.2, -0.15) is 5.10 Å². The number of nitrogens with one attached hydrogen (secondary N) is 1. The van der Waals surface area contributed by atoms with Gasteiger partial charge in [-0.15, -0.1) is 12.4 Å². The van der Waals surface area contributed by atoms with Gasteiger partial charge in [0.25, 0.3) is 5.91 Å². The number of rotatable bonds is 2. The minimum Gasteiger partial charge on any atom is -0.504 e. The zero-order valence-corrected chi connectivity index (χ0v) is 15.2. The van der Waals surface area contributed by atoms with Crippen LogP contribution in [0, 0.1) is 12.7 Å². The second kappa shape index (κ2) is 7.41. The van der Waals surface area contributed by atoms with E-state index in [2.05, 4.69) is 10.4 Å². The predicted molar refractivity (Wildman–Crippen MR) is 95.1 cm³/mol. The van der Waals surface area contributed by atoms with Crippen LogP contribution in [0.3, 0.4) is 0 Å². The number of hydrogen-bond acceptors (Lipinski definition) is 4. The smallest absolute Gasteiger partial charge is 0.278 e. The first-order valence-corrected chi connectivity index (χ1v) is 7.98. The molecule has 1 aliphatic rings. The van der Waals surface area contributed by atoms with Crippen molar-refractivity contribution < 1.29 is 14.3 Å². The van der Waals surface area contributed by atoms with Crippen molar-refractivity contribution in [3.8, 4) is 11.4 Å². The molecule has 136 valence electrons. The van der Waals surface area contributed by atoms with Crippen molar-refractivity contribution in [2.75, 3.05) is 13.1 Å². The molecular formula is C17H22ClFN4O2. The quantitative estimate of drug-likeness (QED) is 0.853. The number of carbonyl (C=O) groups excluding carboxylic acids is 1. The molecule has 2 heterocycles. The SMILES string of the molecule is Cc1cc(F)ccc1-n1cc(O)c(C(=O)N2CCNC(C)C2C)n1.Cl. The summed E-state index contributed by atoms with van der Waals surface area (Å²) in [4.78, 5) is 14.5. The number of aromatic hydroxyl groups is 1. The number of amides is 1. The molecule has 8 heteroatoms. The summed E-state index contributed by atoms with van der Waals surface area (Å²) in [5.41, 5.74) is 1.30. The first-order chi connectivity index (χ1) is 11.4. The number of benzene rings is 1. The maximum absolute atomic E-state index is 13.3. The molecule has 1 amide bonds. The van der Waals surface area contributed by atoms with E-state index in [0.717, 1.165) is 0 Å². The maximum Gasteiger partial charge on any atom is 0.278 e. The average Bonchev–Trinajstić information content (AvgIpc) is 2.91. The molecule has 0 spiro atoms. The molecule has 0 aliphatic carbocycles. The van der Waals surface area contributed by atoms with Crippen molar-refractivity contribution in [3.63, 3.8) is 0 Å². The molecule has 6 nitrogen and oxygen atoms in total. The second-order valence-electron chi connectivity index (χ2n) is 6.22. The van der Waals surface area contributed by atoms with Crippen molar-refractivity contribution >= 4 is 18.3 Å². The van der Waals surface area contributed by atoms with Crippen LogP contribution in [-0.4, -0.2) is 50.9 Å². The number of aryl methyl sites for hydroxylation is 1. The largest absolute Gasteiger partial charge is 0.504 e. The molecule has 0 saturated carbocycles. The highest BCUT2D eigenvalue weighted by molar-refractivity contribution is 5.95. The fourth-order valence-corrected chi connectivity index (χ4v) is 3.00. The Balaban J connectivity index is 0.00000225. The van der Waals surface area contributed by atoms with E-state index in [4.69, 9.17) is 0 Å². The van der Waals surface area contributed by atoms with E-state index in [-0.39, 0.29) is 47.7 Å². The molecule has 1 fully saturated rings. The average molecular weight is 369 g/mol. The third-order valence-electron chi connectivity index (χ3n) is 4.60. The Hall–Kier alpha value is -2.12. The van der Waals surface area contributed by atoms with Crippen molar-refractivity contribution in [1.29, 1.82) is 0 Å². The van der Waals surface area contributed by atoms with Crippen LogP contribution in [-0.2, 0) is 0 Å². The normalized spacial score (nSPS) is 20.2. The molecule has 2 aromatic rings. The summed E-state index contributed by atoms with van der Waals surface area (Å²) >= 11 is 0. The van der Waals surface area contributed by atoms with Crippen LogP contribution in [0.25, 0.3) is 5.69 Å². The predicted octanol–water partition coefficient (Wildman–Crippen LogP) is 2.27. The van der Waals surface area contributed by atoms with E-state index in [1.165, 1.54) is 23.0 Å². The molecule has 25 heavy (non-hydrogen) atoms. The summed E-state index contributed by atoms with van der Waals surface area (Å²) in [6.07, 6.45) is 1.38. The fraction of sp³-hybridized carbons (Fsp3) is 0.412. The van der Waals surface area contributed by atoms with Gasteiger partial charge in [0.05, 0.1) is 11.9 Å². The minimum absolute atomic E-state index is 0. The molecule has 1 saturated heterocycles. The summed E-state index contributed by atoms with van der Waals surface area (Å²) in [5.74, 6) is -0.818. The summed E-state index contributed by atoms with van der Waals surface area (Å²) in [7, 11) is 0. The zero-order chi connectivity index (χ0) is 17.4. The van der Waals surface area contributed by atoms with Gasteiger partial charge in [0.15, 0.2) is 11.4 Å². The van der Waals surface area contributed by atoms with Crippen molar-refractivity contribution in [3.05, 3.63) is 41.5 Å². The Labute approximate surface area is 152 Å². The van der Waals surface area contributed by atoms with Crippen LogP contribution in [0.1, 0.15) is 29.9 Å². The highest BCUT2D eigenvalue weighted by Gasteiger charge is 2.31. The van der Waals surface area contributed by atoms with Gasteiger partial charge in [-0.3, -0.25) is 4.79 Å². The second-order valence-corrected chi connectivity index (χ2v) is 6.22. The molecule has 3 rings (SSSR count). The monoisotopic (exact) mass is 368 g/mol. The number of aromatic nitrogens is 2. The van der Waals surface area contributed by atoms with Gasteiger partial charge in [-0.25, -0.2) is 9.07 Å². The Morgan fingerprint density at radius 3 is 2.80 bits per heavy atom. The van der Waals surface area contributed by atoms with Crippen LogP contribution < -0.4 is 5.32 Å². The van der Waals surface area contributed by atoms with Crippen molar-refractivity contribution in [2.45, 2.75) is 32.9 Å². The van der Waals surface area contributed by atoms with Gasteiger partial charge in [-0.1, -0.05) is 0 Å². The molecule has 2 N–H and O–H groups in total. The molecule has 0 radical (unpaired) electrons. The molecular weight excluding hydrogens is 347 g/mol. The number of piperazine rings is 1. The summed E-state index contributed by atoms with van der Waals surface area (Å²) < 4.78 is 14.7. The Morgan fingerprint density at radius 1 is 1.40 bits per heavy atom. The fourth-order valence-electron chi connectivity index (χ4n) is 3.00. The van der Waals surface area contributed by atoms with E-state index in [1.54, 1.807) is 17.9 Å². The van der Waals surface area contributed by atoms with Crippen LogP contribution in [0.4, 0.5) is 4.39 Å². The maximum atomic E-state index is 13.3. The van der Waals surface area contributed by atoms with Crippen LogP contribution in [0.5, 0.6) is 5.75 Å². The summed E-state index contributed by atoms with van der Waals surface area (Å²) in [6, 6.07) is 4.45. The standard InChI is InChI=1S/C17H21FN4O2.ClH/c1-10-8-13(18)4-5-14(10)22-9-15(23)16(20-22)17(24)21-7-6-19-11(2)12(21)3;/h4-5,8-9,11-12,19,23H,6-7H2,1-3H3;1H. The van der Waals surface area contributed by atoms with E-state index in [9.17, 15) is 14.3 Å². The first kappa shape index (κ1) is 19.2. The summed E-state index contributed by atoms with van der Waals surface area (Å²) in [5, 5.41) is 17.7. The minimum atomic E-state index is -0.340. The molecule has 2 atom stereocenters.